The first-order chi connectivity index (χ1) is 25.3. The van der Waals surface area contributed by atoms with Gasteiger partial charge in [0.05, 0.1) is 13.1 Å². The molecule has 268 valence electrons. The number of hydrogen-bond donors (Lipinski definition) is 6. The van der Waals surface area contributed by atoms with E-state index >= 15 is 0 Å². The van der Waals surface area contributed by atoms with Gasteiger partial charge in [-0.3, -0.25) is 29.0 Å². The van der Waals surface area contributed by atoms with Crippen LogP contribution in [0.25, 0.3) is 0 Å². The fraction of sp³-hybridized carbons (Fsp3) is 0.256. The van der Waals surface area contributed by atoms with Crippen LogP contribution in [0.5, 0.6) is 0 Å². The summed E-state index contributed by atoms with van der Waals surface area (Å²) >= 11 is 0. The van der Waals surface area contributed by atoms with E-state index in [9.17, 15) is 24.0 Å². The molecule has 52 heavy (non-hydrogen) atoms. The molecule has 6 amide bonds. The van der Waals surface area contributed by atoms with Crippen molar-refractivity contribution in [2.75, 3.05) is 71.2 Å². The standard InChI is InChI=1S/C39H42N8O5/c48-35(25-46-21-1-2-22-46)40-29-13-17-31(18-14-29)42-37(50)27-5-9-33(10-6-27)44-39(52)45-34-11-7-28(8-12-34)38(51)43-32-19-15-30(16-20-32)41-36(49)26-47-23-3-4-24-47/h5-20H,1-4,21-26H2,(H,40,48)(H,41,49)(H,42,50)(H,43,51)(H2,44,45,52). The van der Waals surface area contributed by atoms with Crippen LogP contribution in [0.1, 0.15) is 46.4 Å². The molecule has 13 heteroatoms. The van der Waals surface area contributed by atoms with Crippen molar-refractivity contribution in [3.63, 3.8) is 0 Å². The first kappa shape index (κ1) is 35.8. The summed E-state index contributed by atoms with van der Waals surface area (Å²) in [5.41, 5.74) is 4.25. The third-order valence-corrected chi connectivity index (χ3v) is 8.79. The first-order valence-electron chi connectivity index (χ1n) is 17.4. The molecule has 2 aliphatic rings. The molecule has 0 aliphatic carbocycles. The van der Waals surface area contributed by atoms with Gasteiger partial charge in [0.25, 0.3) is 11.8 Å². The lowest BCUT2D eigenvalue weighted by Gasteiger charge is -2.14. The number of hydrogen-bond acceptors (Lipinski definition) is 7. The summed E-state index contributed by atoms with van der Waals surface area (Å²) in [4.78, 5) is 67.0. The van der Waals surface area contributed by atoms with Gasteiger partial charge in [0, 0.05) is 45.3 Å². The average Bonchev–Trinajstić information content (AvgIpc) is 3.85. The van der Waals surface area contributed by atoms with E-state index in [1.165, 1.54) is 0 Å². The minimum Gasteiger partial charge on any atom is -0.325 e. The Balaban J connectivity index is 0.915. The molecule has 0 saturated carbocycles. The number of rotatable bonds is 12. The fourth-order valence-corrected chi connectivity index (χ4v) is 6.07. The molecule has 6 N–H and O–H groups in total. The van der Waals surface area contributed by atoms with Crippen molar-refractivity contribution in [2.24, 2.45) is 0 Å². The lowest BCUT2D eigenvalue weighted by Crippen LogP contribution is -2.30. The number of likely N-dealkylation sites (tertiary alicyclic amines) is 2. The summed E-state index contributed by atoms with van der Waals surface area (Å²) in [5, 5.41) is 16.9. The van der Waals surface area contributed by atoms with E-state index in [4.69, 9.17) is 0 Å². The smallest absolute Gasteiger partial charge is 0.323 e. The minimum absolute atomic E-state index is 0.0602. The molecule has 2 saturated heterocycles. The van der Waals surface area contributed by atoms with Crippen molar-refractivity contribution in [2.45, 2.75) is 25.7 Å². The van der Waals surface area contributed by atoms with Crippen molar-refractivity contribution in [1.82, 2.24) is 9.80 Å². The summed E-state index contributed by atoms with van der Waals surface area (Å²) in [5.74, 6) is -0.760. The molecule has 0 unspecified atom stereocenters. The molecule has 0 spiro atoms. The van der Waals surface area contributed by atoms with Gasteiger partial charge in [-0.05, 0) is 149 Å². The van der Waals surface area contributed by atoms with Gasteiger partial charge < -0.3 is 31.9 Å². The van der Waals surface area contributed by atoms with Crippen LogP contribution >= 0.6 is 0 Å². The van der Waals surface area contributed by atoms with Crippen LogP contribution in [0.3, 0.4) is 0 Å². The Morgan fingerprint density at radius 3 is 0.981 bits per heavy atom. The van der Waals surface area contributed by atoms with Crippen LogP contribution in [0, 0.1) is 0 Å². The third-order valence-electron chi connectivity index (χ3n) is 8.79. The van der Waals surface area contributed by atoms with Crippen LogP contribution in [-0.2, 0) is 9.59 Å². The van der Waals surface area contributed by atoms with Crippen LogP contribution in [0.2, 0.25) is 0 Å². The lowest BCUT2D eigenvalue weighted by atomic mass is 10.2. The number of amides is 6. The van der Waals surface area contributed by atoms with E-state index in [0.717, 1.165) is 51.9 Å². The van der Waals surface area contributed by atoms with Crippen molar-refractivity contribution >= 4 is 63.8 Å². The maximum atomic E-state index is 12.8. The molecular formula is C39H42N8O5. The Morgan fingerprint density at radius 1 is 0.385 bits per heavy atom. The van der Waals surface area contributed by atoms with Gasteiger partial charge in [-0.2, -0.15) is 0 Å². The fourth-order valence-electron chi connectivity index (χ4n) is 6.07. The van der Waals surface area contributed by atoms with Gasteiger partial charge in [0.1, 0.15) is 0 Å². The molecule has 2 heterocycles. The molecule has 0 aromatic heterocycles. The quantitative estimate of drug-likeness (QED) is 0.107. The summed E-state index contributed by atoms with van der Waals surface area (Å²) in [6, 6.07) is 26.3. The number of carbonyl (C=O) groups excluding carboxylic acids is 5. The second-order valence-electron chi connectivity index (χ2n) is 12.9. The highest BCUT2D eigenvalue weighted by molar-refractivity contribution is 6.06. The van der Waals surface area contributed by atoms with Gasteiger partial charge in [-0.25, -0.2) is 4.79 Å². The van der Waals surface area contributed by atoms with E-state index in [2.05, 4.69) is 41.7 Å². The van der Waals surface area contributed by atoms with Gasteiger partial charge in [-0.1, -0.05) is 0 Å². The molecule has 2 aliphatic heterocycles. The van der Waals surface area contributed by atoms with Crippen LogP contribution in [-0.4, -0.2) is 78.7 Å². The second-order valence-corrected chi connectivity index (χ2v) is 12.9. The topological polar surface area (TPSA) is 164 Å². The zero-order valence-electron chi connectivity index (χ0n) is 28.7. The summed E-state index contributed by atoms with van der Waals surface area (Å²) in [6.07, 6.45) is 4.49. The van der Waals surface area contributed by atoms with Gasteiger partial charge in [0.2, 0.25) is 11.8 Å². The predicted molar refractivity (Wildman–Crippen MR) is 203 cm³/mol. The lowest BCUT2D eigenvalue weighted by molar-refractivity contribution is -0.117. The van der Waals surface area contributed by atoms with Gasteiger partial charge in [-0.15, -0.1) is 0 Å². The summed E-state index contributed by atoms with van der Waals surface area (Å²) in [7, 11) is 0. The Bertz CT molecular complexity index is 1730. The zero-order chi connectivity index (χ0) is 36.3. The second kappa shape index (κ2) is 17.2. The van der Waals surface area contributed by atoms with Gasteiger partial charge in [0.15, 0.2) is 0 Å². The molecule has 0 atom stereocenters. The molecule has 0 bridgehead atoms. The number of carbonyl (C=O) groups is 5. The predicted octanol–water partition coefficient (Wildman–Crippen LogP) is 5.90. The Labute approximate surface area is 302 Å². The van der Waals surface area contributed by atoms with E-state index in [1.807, 2.05) is 0 Å². The highest BCUT2D eigenvalue weighted by Crippen LogP contribution is 2.19. The highest BCUT2D eigenvalue weighted by atomic mass is 16.2. The molecule has 4 aromatic rings. The number of nitrogens with one attached hydrogen (secondary N) is 6. The molecule has 4 aromatic carbocycles. The average molecular weight is 703 g/mol. The Morgan fingerprint density at radius 2 is 0.654 bits per heavy atom. The number of nitrogens with zero attached hydrogens (tertiary/aromatic N) is 2. The minimum atomic E-state index is -0.491. The molecule has 0 radical (unpaired) electrons. The van der Waals surface area contributed by atoms with Gasteiger partial charge >= 0.3 is 6.03 Å². The third kappa shape index (κ3) is 10.5. The van der Waals surface area contributed by atoms with E-state index < -0.39 is 6.03 Å². The number of anilines is 6. The first-order valence-corrected chi connectivity index (χ1v) is 17.4. The van der Waals surface area contributed by atoms with Crippen molar-refractivity contribution in [1.29, 1.82) is 0 Å². The Kier molecular flexibility index (Phi) is 11.9. The van der Waals surface area contributed by atoms with Crippen molar-refractivity contribution < 1.29 is 24.0 Å². The van der Waals surface area contributed by atoms with Crippen LogP contribution in [0.4, 0.5) is 38.9 Å². The largest absolute Gasteiger partial charge is 0.325 e. The summed E-state index contributed by atoms with van der Waals surface area (Å²) in [6.45, 7) is 4.54. The normalized spacial score (nSPS) is 14.3. The molecule has 6 rings (SSSR count). The van der Waals surface area contributed by atoms with E-state index in [0.29, 0.717) is 58.3 Å². The van der Waals surface area contributed by atoms with Crippen molar-refractivity contribution in [3.8, 4) is 0 Å². The monoisotopic (exact) mass is 702 g/mol. The highest BCUT2D eigenvalue weighted by Gasteiger charge is 2.17. The zero-order valence-corrected chi connectivity index (χ0v) is 28.7. The maximum absolute atomic E-state index is 12.8. The van der Waals surface area contributed by atoms with Crippen molar-refractivity contribution in [3.05, 3.63) is 108 Å². The molecular weight excluding hydrogens is 660 g/mol. The van der Waals surface area contributed by atoms with E-state index in [-0.39, 0.29) is 23.6 Å². The van der Waals surface area contributed by atoms with Crippen LogP contribution in [0.15, 0.2) is 97.1 Å². The van der Waals surface area contributed by atoms with E-state index in [1.54, 1.807) is 97.1 Å². The number of urea groups is 1. The Hall–Kier alpha value is -6.05. The number of benzene rings is 4. The van der Waals surface area contributed by atoms with Crippen LogP contribution < -0.4 is 31.9 Å². The molecule has 2 fully saturated rings. The summed E-state index contributed by atoms with van der Waals surface area (Å²) < 4.78 is 0. The molecule has 13 nitrogen and oxygen atoms in total. The SMILES string of the molecule is O=C(CN1CCCC1)Nc1ccc(NC(=O)c2ccc(NC(=O)Nc3ccc(C(=O)Nc4ccc(NC(=O)CN5CCCC5)cc4)cc3)cc2)cc1. The maximum Gasteiger partial charge on any atom is 0.323 e.